The SMILES string of the molecule is CC(=O)O[C@H]1CC[C@]2(C)[C@H]3CC(=O)[C@@H]4[C@@H]([C@@](C)(O)CCC=C(C)C)CC[C@@]4(C)[C@]3(C)CC[C@H]2C1(C)C. The van der Waals surface area contributed by atoms with Crippen LogP contribution in [0.4, 0.5) is 0 Å². The zero-order valence-corrected chi connectivity index (χ0v) is 24.5. The summed E-state index contributed by atoms with van der Waals surface area (Å²) in [7, 11) is 0. The Balaban J connectivity index is 1.65. The molecule has 0 bridgehead atoms. The summed E-state index contributed by atoms with van der Waals surface area (Å²) in [6.45, 7) is 19.6. The molecule has 0 amide bonds. The Kier molecular flexibility index (Phi) is 6.93. The Morgan fingerprint density at radius 2 is 1.64 bits per heavy atom. The molecule has 9 atom stereocenters. The van der Waals surface area contributed by atoms with Crippen molar-refractivity contribution in [2.45, 2.75) is 132 Å². The summed E-state index contributed by atoms with van der Waals surface area (Å²) >= 11 is 0. The zero-order valence-electron chi connectivity index (χ0n) is 24.5. The van der Waals surface area contributed by atoms with E-state index in [2.05, 4.69) is 54.5 Å². The fourth-order valence-electron chi connectivity index (χ4n) is 10.4. The van der Waals surface area contributed by atoms with Gasteiger partial charge in [0.1, 0.15) is 11.9 Å². The molecule has 0 heterocycles. The molecule has 204 valence electrons. The molecule has 1 N–H and O–H groups in total. The summed E-state index contributed by atoms with van der Waals surface area (Å²) in [6.07, 6.45) is 10.5. The molecule has 0 aromatic heterocycles. The molecule has 0 aliphatic heterocycles. The van der Waals surface area contributed by atoms with E-state index < -0.39 is 5.60 Å². The maximum absolute atomic E-state index is 14.1. The number of aliphatic hydroxyl groups is 1. The van der Waals surface area contributed by atoms with Crippen molar-refractivity contribution in [2.24, 2.45) is 45.3 Å². The molecule has 4 heteroatoms. The molecule has 0 saturated heterocycles. The number of carbonyl (C=O) groups excluding carboxylic acids is 2. The fraction of sp³-hybridized carbons (Fsp3) is 0.875. The number of ether oxygens (including phenoxy) is 1. The van der Waals surface area contributed by atoms with Gasteiger partial charge in [0.15, 0.2) is 0 Å². The van der Waals surface area contributed by atoms with E-state index in [4.69, 9.17) is 4.74 Å². The van der Waals surface area contributed by atoms with Crippen LogP contribution in [0.15, 0.2) is 11.6 Å². The monoisotopic (exact) mass is 500 g/mol. The van der Waals surface area contributed by atoms with Gasteiger partial charge in [-0.2, -0.15) is 0 Å². The van der Waals surface area contributed by atoms with E-state index in [-0.39, 0.29) is 45.6 Å². The molecule has 36 heavy (non-hydrogen) atoms. The van der Waals surface area contributed by atoms with Gasteiger partial charge in [-0.1, -0.05) is 46.3 Å². The summed E-state index contributed by atoms with van der Waals surface area (Å²) in [5.41, 5.74) is 0.407. The van der Waals surface area contributed by atoms with Crippen LogP contribution in [0.5, 0.6) is 0 Å². The lowest BCUT2D eigenvalue weighted by Crippen LogP contribution is -2.66. The van der Waals surface area contributed by atoms with Gasteiger partial charge in [-0.25, -0.2) is 0 Å². The number of ketones is 1. The van der Waals surface area contributed by atoms with Crippen LogP contribution in [0, 0.1) is 45.3 Å². The second kappa shape index (κ2) is 8.95. The van der Waals surface area contributed by atoms with Crippen molar-refractivity contribution >= 4 is 11.8 Å². The number of esters is 1. The third-order valence-corrected chi connectivity index (χ3v) is 12.4. The third kappa shape index (κ3) is 4.03. The van der Waals surface area contributed by atoms with Gasteiger partial charge in [-0.05, 0) is 106 Å². The quantitative estimate of drug-likeness (QED) is 0.318. The van der Waals surface area contributed by atoms with E-state index in [0.717, 1.165) is 44.9 Å². The van der Waals surface area contributed by atoms with Crippen molar-refractivity contribution in [3.05, 3.63) is 11.6 Å². The zero-order chi connectivity index (χ0) is 26.9. The van der Waals surface area contributed by atoms with Gasteiger partial charge in [0, 0.05) is 24.7 Å². The number of allylic oxidation sites excluding steroid dienone is 2. The first-order valence-corrected chi connectivity index (χ1v) is 14.6. The normalized spacial score (nSPS) is 45.1. The summed E-state index contributed by atoms with van der Waals surface area (Å²) in [4.78, 5) is 26.0. The second-order valence-corrected chi connectivity index (χ2v) is 14.9. The lowest BCUT2D eigenvalue weighted by molar-refractivity contribution is -0.225. The van der Waals surface area contributed by atoms with Gasteiger partial charge >= 0.3 is 5.97 Å². The number of hydrogen-bond acceptors (Lipinski definition) is 4. The van der Waals surface area contributed by atoms with Crippen LogP contribution in [0.1, 0.15) is 120 Å². The van der Waals surface area contributed by atoms with E-state index in [9.17, 15) is 14.7 Å². The molecule has 0 spiro atoms. The summed E-state index contributed by atoms with van der Waals surface area (Å²) in [5, 5.41) is 11.7. The molecule has 4 rings (SSSR count). The van der Waals surface area contributed by atoms with Crippen LogP contribution in [0.25, 0.3) is 0 Å². The highest BCUT2D eigenvalue weighted by atomic mass is 16.5. The van der Waals surface area contributed by atoms with E-state index in [1.807, 2.05) is 6.92 Å². The number of carbonyl (C=O) groups is 2. The van der Waals surface area contributed by atoms with Crippen molar-refractivity contribution in [1.82, 2.24) is 0 Å². The van der Waals surface area contributed by atoms with Crippen LogP contribution in [0.2, 0.25) is 0 Å². The highest BCUT2D eigenvalue weighted by Crippen LogP contribution is 2.75. The molecular formula is C32H52O4. The summed E-state index contributed by atoms with van der Waals surface area (Å²) in [6, 6.07) is 0. The maximum Gasteiger partial charge on any atom is 0.302 e. The first-order chi connectivity index (χ1) is 16.5. The number of Topliss-reactive ketones (excluding diaryl/α,β-unsaturated/α-hetero) is 1. The molecule has 4 saturated carbocycles. The molecule has 4 aliphatic carbocycles. The van der Waals surface area contributed by atoms with Gasteiger partial charge in [0.25, 0.3) is 0 Å². The Bertz CT molecular complexity index is 926. The van der Waals surface area contributed by atoms with Crippen molar-refractivity contribution in [1.29, 1.82) is 0 Å². The van der Waals surface area contributed by atoms with E-state index in [1.54, 1.807) is 0 Å². The fourth-order valence-corrected chi connectivity index (χ4v) is 10.4. The van der Waals surface area contributed by atoms with Crippen LogP contribution in [-0.2, 0) is 14.3 Å². The van der Waals surface area contributed by atoms with Crippen LogP contribution in [0.3, 0.4) is 0 Å². The van der Waals surface area contributed by atoms with Crippen molar-refractivity contribution < 1.29 is 19.4 Å². The lowest BCUT2D eigenvalue weighted by atomic mass is 9.35. The third-order valence-electron chi connectivity index (χ3n) is 12.4. The van der Waals surface area contributed by atoms with Gasteiger partial charge in [0.05, 0.1) is 5.60 Å². The number of rotatable bonds is 5. The topological polar surface area (TPSA) is 63.6 Å². The summed E-state index contributed by atoms with van der Waals surface area (Å²) < 4.78 is 5.83. The van der Waals surface area contributed by atoms with Gasteiger partial charge in [-0.15, -0.1) is 0 Å². The van der Waals surface area contributed by atoms with E-state index in [1.165, 1.54) is 12.5 Å². The largest absolute Gasteiger partial charge is 0.462 e. The molecule has 0 aromatic carbocycles. The van der Waals surface area contributed by atoms with E-state index >= 15 is 0 Å². The van der Waals surface area contributed by atoms with Crippen LogP contribution < -0.4 is 0 Å². The molecule has 0 radical (unpaired) electrons. The molecule has 4 nitrogen and oxygen atoms in total. The van der Waals surface area contributed by atoms with Crippen LogP contribution >= 0.6 is 0 Å². The predicted octanol–water partition coefficient (Wildman–Crippen LogP) is 7.28. The highest BCUT2D eigenvalue weighted by Gasteiger charge is 2.71. The minimum absolute atomic E-state index is 0.0417. The van der Waals surface area contributed by atoms with Crippen molar-refractivity contribution in [2.75, 3.05) is 0 Å². The van der Waals surface area contributed by atoms with E-state index in [0.29, 0.717) is 30.5 Å². The minimum Gasteiger partial charge on any atom is -0.462 e. The molecular weight excluding hydrogens is 448 g/mol. The maximum atomic E-state index is 14.1. The Labute approximate surface area is 220 Å². The first-order valence-electron chi connectivity index (χ1n) is 14.6. The average Bonchev–Trinajstić information content (AvgIpc) is 3.12. The lowest BCUT2D eigenvalue weighted by Gasteiger charge is -2.69. The highest BCUT2D eigenvalue weighted by molar-refractivity contribution is 5.84. The van der Waals surface area contributed by atoms with Crippen molar-refractivity contribution in [3.63, 3.8) is 0 Å². The standard InChI is InChI=1S/C32H52O4/c1-20(2)11-10-15-32(9,35)22-12-17-31(8)27(22)23(34)19-25-29(6)16-14-26(36-21(3)33)28(4,5)24(29)13-18-30(25,31)7/h11,22,24-27,35H,10,12-19H2,1-9H3/t22-,24-,25+,26-,27-,29-,30+,31+,32-/m0/s1. The second-order valence-electron chi connectivity index (χ2n) is 14.9. The van der Waals surface area contributed by atoms with Gasteiger partial charge in [0.2, 0.25) is 0 Å². The predicted molar refractivity (Wildman–Crippen MR) is 144 cm³/mol. The Hall–Kier alpha value is -1.16. The first kappa shape index (κ1) is 27.9. The molecule has 4 fully saturated rings. The smallest absolute Gasteiger partial charge is 0.302 e. The Morgan fingerprint density at radius 3 is 2.25 bits per heavy atom. The Morgan fingerprint density at radius 1 is 1.00 bits per heavy atom. The number of fused-ring (bicyclic) bond motifs is 5. The van der Waals surface area contributed by atoms with Gasteiger partial charge in [-0.3, -0.25) is 9.59 Å². The van der Waals surface area contributed by atoms with Gasteiger partial charge < -0.3 is 9.84 Å². The van der Waals surface area contributed by atoms with Crippen LogP contribution in [-0.4, -0.2) is 28.6 Å². The minimum atomic E-state index is -0.821. The van der Waals surface area contributed by atoms with Crippen molar-refractivity contribution in [3.8, 4) is 0 Å². The molecule has 0 unspecified atom stereocenters. The average molecular weight is 501 g/mol. The molecule has 4 aliphatic rings. The molecule has 0 aromatic rings. The number of hydrogen-bond donors (Lipinski definition) is 1. The summed E-state index contributed by atoms with van der Waals surface area (Å²) in [5.74, 6) is 0.967.